The number of quaternary nitrogens is 1. The topological polar surface area (TPSA) is 90.4 Å². The van der Waals surface area contributed by atoms with E-state index in [0.29, 0.717) is 12.6 Å². The SMILES string of the molecule is CCOc1ccc(Nc2nc(N)nc(C[NH+]3C[C@H](C)C[C@@H](C)C3)n2)cc1. The van der Waals surface area contributed by atoms with Crippen molar-refractivity contribution in [1.29, 1.82) is 0 Å². The van der Waals surface area contributed by atoms with Crippen LogP contribution in [0.1, 0.15) is 33.0 Å². The van der Waals surface area contributed by atoms with Crippen molar-refractivity contribution < 1.29 is 9.64 Å². The molecule has 0 bridgehead atoms. The Morgan fingerprint density at radius 2 is 1.81 bits per heavy atom. The first kappa shape index (κ1) is 18.4. The number of hydrogen-bond acceptors (Lipinski definition) is 6. The molecule has 1 aromatic heterocycles. The Morgan fingerprint density at radius 3 is 2.46 bits per heavy atom. The molecular weight excluding hydrogens is 328 g/mol. The quantitative estimate of drug-likeness (QED) is 0.728. The van der Waals surface area contributed by atoms with Crippen LogP contribution >= 0.6 is 0 Å². The number of ether oxygens (including phenoxy) is 1. The lowest BCUT2D eigenvalue weighted by atomic mass is 9.92. The van der Waals surface area contributed by atoms with E-state index >= 15 is 0 Å². The van der Waals surface area contributed by atoms with Gasteiger partial charge in [-0.25, -0.2) is 0 Å². The highest BCUT2D eigenvalue weighted by Crippen LogP contribution is 2.18. The van der Waals surface area contributed by atoms with E-state index in [2.05, 4.69) is 34.1 Å². The largest absolute Gasteiger partial charge is 0.494 e. The summed E-state index contributed by atoms with van der Waals surface area (Å²) in [7, 11) is 0. The highest BCUT2D eigenvalue weighted by Gasteiger charge is 2.26. The summed E-state index contributed by atoms with van der Waals surface area (Å²) < 4.78 is 5.46. The van der Waals surface area contributed by atoms with Crippen molar-refractivity contribution in [2.24, 2.45) is 11.8 Å². The average molecular weight is 357 g/mol. The van der Waals surface area contributed by atoms with Crippen molar-refractivity contribution in [3.05, 3.63) is 30.1 Å². The number of likely N-dealkylation sites (tertiary alicyclic amines) is 1. The number of nitrogen functional groups attached to an aromatic ring is 1. The standard InChI is InChI=1S/C19H28N6O/c1-4-26-16-7-5-15(6-8-16)21-19-23-17(22-18(20)24-19)12-25-10-13(2)9-14(3)11-25/h5-8,13-14H,4,9-12H2,1-3H3,(H3,20,21,22,23,24)/p+1/t13-,14-/m1/s1. The maximum absolute atomic E-state index is 5.90. The molecule has 140 valence electrons. The van der Waals surface area contributed by atoms with Crippen LogP contribution in [0.2, 0.25) is 0 Å². The summed E-state index contributed by atoms with van der Waals surface area (Å²) in [6.45, 7) is 10.3. The molecule has 1 fully saturated rings. The van der Waals surface area contributed by atoms with Crippen molar-refractivity contribution >= 4 is 17.6 Å². The summed E-state index contributed by atoms with van der Waals surface area (Å²) in [5.41, 5.74) is 6.79. The predicted octanol–water partition coefficient (Wildman–Crippen LogP) is 1.66. The summed E-state index contributed by atoms with van der Waals surface area (Å²) in [6, 6.07) is 7.70. The Bertz CT molecular complexity index is 710. The Balaban J connectivity index is 1.69. The maximum Gasteiger partial charge on any atom is 0.232 e. The first-order valence-corrected chi connectivity index (χ1v) is 9.35. The van der Waals surface area contributed by atoms with E-state index in [9.17, 15) is 0 Å². The number of nitrogens with zero attached hydrogens (tertiary/aromatic N) is 3. The minimum absolute atomic E-state index is 0.251. The molecule has 0 radical (unpaired) electrons. The summed E-state index contributed by atoms with van der Waals surface area (Å²) >= 11 is 0. The summed E-state index contributed by atoms with van der Waals surface area (Å²) in [4.78, 5) is 14.6. The summed E-state index contributed by atoms with van der Waals surface area (Å²) in [5, 5.41) is 3.20. The Labute approximate surface area is 155 Å². The molecule has 1 aliphatic heterocycles. The number of hydrogen-bond donors (Lipinski definition) is 3. The molecule has 26 heavy (non-hydrogen) atoms. The zero-order valence-electron chi connectivity index (χ0n) is 15.8. The second kappa shape index (κ2) is 8.31. The number of nitrogens with two attached hydrogens (primary N) is 1. The molecule has 0 saturated carbocycles. The van der Waals surface area contributed by atoms with Gasteiger partial charge >= 0.3 is 0 Å². The molecule has 7 heteroatoms. The van der Waals surface area contributed by atoms with E-state index in [1.165, 1.54) is 11.3 Å². The van der Waals surface area contributed by atoms with Crippen molar-refractivity contribution in [3.63, 3.8) is 0 Å². The normalized spacial score (nSPS) is 22.8. The molecule has 1 aliphatic rings. The maximum atomic E-state index is 5.90. The highest BCUT2D eigenvalue weighted by atomic mass is 16.5. The molecular formula is C19H29N6O+. The molecule has 1 aromatic carbocycles. The van der Waals surface area contributed by atoms with Gasteiger partial charge in [-0.1, -0.05) is 13.8 Å². The van der Waals surface area contributed by atoms with Crippen molar-refractivity contribution in [1.82, 2.24) is 15.0 Å². The lowest BCUT2D eigenvalue weighted by Gasteiger charge is -2.31. The zero-order valence-corrected chi connectivity index (χ0v) is 15.8. The first-order chi connectivity index (χ1) is 12.5. The van der Waals surface area contributed by atoms with E-state index in [1.807, 2.05) is 31.2 Å². The fourth-order valence-corrected chi connectivity index (χ4v) is 3.79. The van der Waals surface area contributed by atoms with E-state index in [0.717, 1.165) is 48.7 Å². The summed E-state index contributed by atoms with van der Waals surface area (Å²) in [6.07, 6.45) is 1.30. The third-order valence-corrected chi connectivity index (χ3v) is 4.61. The van der Waals surface area contributed by atoms with Crippen molar-refractivity contribution in [3.8, 4) is 5.75 Å². The fourth-order valence-electron chi connectivity index (χ4n) is 3.79. The molecule has 0 unspecified atom stereocenters. The van der Waals surface area contributed by atoms with Gasteiger partial charge in [-0.2, -0.15) is 15.0 Å². The Kier molecular flexibility index (Phi) is 5.88. The molecule has 1 saturated heterocycles. The van der Waals surface area contributed by atoms with Crippen LogP contribution in [0.15, 0.2) is 24.3 Å². The molecule has 0 amide bonds. The van der Waals surface area contributed by atoms with Crippen LogP contribution in [0.4, 0.5) is 17.6 Å². The zero-order chi connectivity index (χ0) is 18.5. The molecule has 0 spiro atoms. The number of rotatable bonds is 6. The molecule has 2 atom stereocenters. The molecule has 4 N–H and O–H groups in total. The predicted molar refractivity (Wildman–Crippen MR) is 102 cm³/mol. The van der Waals surface area contributed by atoms with Gasteiger partial charge in [-0.15, -0.1) is 0 Å². The van der Waals surface area contributed by atoms with Crippen LogP contribution < -0.4 is 20.7 Å². The molecule has 7 nitrogen and oxygen atoms in total. The minimum Gasteiger partial charge on any atom is -0.494 e. The van der Waals surface area contributed by atoms with E-state index in [4.69, 9.17) is 10.5 Å². The first-order valence-electron chi connectivity index (χ1n) is 9.35. The van der Waals surface area contributed by atoms with Crippen molar-refractivity contribution in [2.75, 3.05) is 30.7 Å². The Morgan fingerprint density at radius 1 is 1.12 bits per heavy atom. The van der Waals surface area contributed by atoms with Gasteiger partial charge in [0, 0.05) is 17.5 Å². The Hall–Kier alpha value is -2.41. The number of aromatic nitrogens is 3. The molecule has 0 aliphatic carbocycles. The van der Waals surface area contributed by atoms with E-state index < -0.39 is 0 Å². The van der Waals surface area contributed by atoms with Gasteiger partial charge in [0.1, 0.15) is 12.3 Å². The van der Waals surface area contributed by atoms with Crippen LogP contribution in [-0.4, -0.2) is 34.6 Å². The van der Waals surface area contributed by atoms with Crippen LogP contribution in [0.3, 0.4) is 0 Å². The van der Waals surface area contributed by atoms with E-state index in [1.54, 1.807) is 0 Å². The van der Waals surface area contributed by atoms with Gasteiger partial charge < -0.3 is 20.7 Å². The number of nitrogens with one attached hydrogen (secondary N) is 2. The van der Waals surface area contributed by atoms with Crippen LogP contribution in [0.5, 0.6) is 5.75 Å². The summed E-state index contributed by atoms with van der Waals surface area (Å²) in [5.74, 6) is 3.77. The highest BCUT2D eigenvalue weighted by molar-refractivity contribution is 5.55. The van der Waals surface area contributed by atoms with Gasteiger partial charge in [0.2, 0.25) is 11.9 Å². The smallest absolute Gasteiger partial charge is 0.232 e. The molecule has 2 aromatic rings. The fraction of sp³-hybridized carbons (Fsp3) is 0.526. The number of anilines is 3. The third-order valence-electron chi connectivity index (χ3n) is 4.61. The van der Waals surface area contributed by atoms with Gasteiger partial charge in [0.05, 0.1) is 19.7 Å². The van der Waals surface area contributed by atoms with Crippen LogP contribution in [0.25, 0.3) is 0 Å². The lowest BCUT2D eigenvalue weighted by molar-refractivity contribution is -0.926. The van der Waals surface area contributed by atoms with Gasteiger partial charge in [-0.3, -0.25) is 0 Å². The minimum atomic E-state index is 0.251. The number of benzene rings is 1. The monoisotopic (exact) mass is 357 g/mol. The number of piperidine rings is 1. The van der Waals surface area contributed by atoms with Gasteiger partial charge in [0.25, 0.3) is 0 Å². The second-order valence-corrected chi connectivity index (χ2v) is 7.30. The van der Waals surface area contributed by atoms with Crippen LogP contribution in [0, 0.1) is 11.8 Å². The average Bonchev–Trinajstić information content (AvgIpc) is 2.55. The lowest BCUT2D eigenvalue weighted by Crippen LogP contribution is -3.13. The molecule has 2 heterocycles. The van der Waals surface area contributed by atoms with Gasteiger partial charge in [-0.05, 0) is 37.6 Å². The van der Waals surface area contributed by atoms with Crippen molar-refractivity contribution in [2.45, 2.75) is 33.7 Å². The van der Waals surface area contributed by atoms with Crippen LogP contribution in [-0.2, 0) is 6.54 Å². The second-order valence-electron chi connectivity index (χ2n) is 7.30. The molecule has 3 rings (SSSR count). The third kappa shape index (κ3) is 5.05. The van der Waals surface area contributed by atoms with Gasteiger partial charge in [0.15, 0.2) is 5.82 Å². The van der Waals surface area contributed by atoms with E-state index in [-0.39, 0.29) is 5.95 Å².